The third-order valence-electron chi connectivity index (χ3n) is 3.56. The van der Waals surface area contributed by atoms with Gasteiger partial charge in [-0.1, -0.05) is 17.8 Å². The monoisotopic (exact) mass is 349 g/mol. The number of amides is 1. The van der Waals surface area contributed by atoms with Crippen molar-refractivity contribution in [3.05, 3.63) is 39.7 Å². The number of hydrogen-bond donors (Lipinski definition) is 1. The molecule has 8 nitrogen and oxygen atoms in total. The molecule has 1 unspecified atom stereocenters. The Balaban J connectivity index is 2.11. The normalized spacial score (nSPS) is 12.0. The van der Waals surface area contributed by atoms with E-state index >= 15 is 0 Å². The number of nitrogens with zero attached hydrogens (tertiary/aromatic N) is 4. The summed E-state index contributed by atoms with van der Waals surface area (Å²) >= 11 is 1.30. The quantitative estimate of drug-likeness (QED) is 0.488. The molecule has 1 aromatic carbocycles. The van der Waals surface area contributed by atoms with Crippen molar-refractivity contribution in [1.29, 1.82) is 0 Å². The summed E-state index contributed by atoms with van der Waals surface area (Å²) in [5.74, 6) is 0.550. The van der Waals surface area contributed by atoms with Crippen LogP contribution in [0.2, 0.25) is 0 Å². The van der Waals surface area contributed by atoms with E-state index in [-0.39, 0.29) is 11.6 Å². The summed E-state index contributed by atoms with van der Waals surface area (Å²) in [6.07, 6.45) is 0. The fourth-order valence-electron chi connectivity index (χ4n) is 2.12. The number of nitro groups is 1. The number of benzene rings is 1. The average Bonchev–Trinajstić information content (AvgIpc) is 2.88. The predicted octanol–water partition coefficient (Wildman–Crippen LogP) is 2.94. The second-order valence-electron chi connectivity index (χ2n) is 5.28. The van der Waals surface area contributed by atoms with Gasteiger partial charge in [-0.15, -0.1) is 10.2 Å². The highest BCUT2D eigenvalue weighted by atomic mass is 32.2. The molecule has 1 aromatic heterocycles. The van der Waals surface area contributed by atoms with Gasteiger partial charge in [0.1, 0.15) is 5.82 Å². The summed E-state index contributed by atoms with van der Waals surface area (Å²) in [5, 5.41) is 22.0. The van der Waals surface area contributed by atoms with Gasteiger partial charge in [0.2, 0.25) is 5.91 Å². The van der Waals surface area contributed by atoms with Crippen molar-refractivity contribution in [2.75, 3.05) is 5.32 Å². The first kappa shape index (κ1) is 17.9. The maximum Gasteiger partial charge on any atom is 0.271 e. The molecule has 0 aliphatic rings. The second-order valence-corrected chi connectivity index (χ2v) is 6.59. The Hall–Kier alpha value is -2.42. The van der Waals surface area contributed by atoms with Gasteiger partial charge >= 0.3 is 0 Å². The molecule has 1 N–H and O–H groups in total. The van der Waals surface area contributed by atoms with Crippen LogP contribution in [-0.4, -0.2) is 30.8 Å². The lowest BCUT2D eigenvalue weighted by atomic mass is 10.2. The van der Waals surface area contributed by atoms with Gasteiger partial charge in [-0.3, -0.25) is 14.9 Å². The van der Waals surface area contributed by atoms with Crippen molar-refractivity contribution in [3.8, 4) is 0 Å². The number of carbonyl (C=O) groups excluding carboxylic acids is 1. The number of hydrogen-bond acceptors (Lipinski definition) is 6. The maximum atomic E-state index is 12.4. The topological polar surface area (TPSA) is 103 Å². The van der Waals surface area contributed by atoms with Crippen molar-refractivity contribution in [2.24, 2.45) is 0 Å². The minimum atomic E-state index is -0.486. The van der Waals surface area contributed by atoms with Crippen molar-refractivity contribution >= 4 is 29.0 Å². The third kappa shape index (κ3) is 3.91. The van der Waals surface area contributed by atoms with Gasteiger partial charge in [0.25, 0.3) is 5.69 Å². The van der Waals surface area contributed by atoms with Crippen molar-refractivity contribution in [2.45, 2.75) is 44.6 Å². The van der Waals surface area contributed by atoms with E-state index in [1.54, 1.807) is 19.9 Å². The van der Waals surface area contributed by atoms with Crippen LogP contribution in [0.1, 0.15) is 25.2 Å². The zero-order chi connectivity index (χ0) is 17.9. The van der Waals surface area contributed by atoms with Gasteiger partial charge in [-0.25, -0.2) is 0 Å². The van der Waals surface area contributed by atoms with Crippen molar-refractivity contribution < 1.29 is 9.72 Å². The number of aromatic nitrogens is 3. The van der Waals surface area contributed by atoms with E-state index in [1.165, 1.54) is 23.9 Å². The van der Waals surface area contributed by atoms with Crippen molar-refractivity contribution in [1.82, 2.24) is 14.8 Å². The fourth-order valence-corrected chi connectivity index (χ4v) is 3.08. The zero-order valence-corrected chi connectivity index (χ0v) is 14.8. The summed E-state index contributed by atoms with van der Waals surface area (Å²) in [6, 6.07) is 4.39. The Kier molecular flexibility index (Phi) is 5.55. The molecule has 0 fully saturated rings. The molecule has 0 saturated heterocycles. The van der Waals surface area contributed by atoms with E-state index in [2.05, 4.69) is 15.5 Å². The molecule has 0 radical (unpaired) electrons. The Labute approximate surface area is 143 Å². The van der Waals surface area contributed by atoms with Gasteiger partial charge < -0.3 is 9.88 Å². The molecular weight excluding hydrogens is 330 g/mol. The number of non-ortho nitro benzene ring substituents is 1. The van der Waals surface area contributed by atoms with E-state index < -0.39 is 10.2 Å². The third-order valence-corrected chi connectivity index (χ3v) is 4.64. The summed E-state index contributed by atoms with van der Waals surface area (Å²) in [7, 11) is 0. The van der Waals surface area contributed by atoms with Gasteiger partial charge in [-0.05, 0) is 33.3 Å². The molecule has 1 heterocycles. The summed E-state index contributed by atoms with van der Waals surface area (Å²) in [6.45, 7) is 8.11. The van der Waals surface area contributed by atoms with Crippen LogP contribution in [0.15, 0.2) is 23.4 Å². The summed E-state index contributed by atoms with van der Waals surface area (Å²) < 4.78 is 1.92. The Bertz CT molecular complexity index is 774. The number of nitrogens with one attached hydrogen (secondary N) is 1. The van der Waals surface area contributed by atoms with Crippen LogP contribution in [0.5, 0.6) is 0 Å². The number of rotatable bonds is 6. The van der Waals surface area contributed by atoms with E-state index in [9.17, 15) is 14.9 Å². The van der Waals surface area contributed by atoms with Gasteiger partial charge in [0.15, 0.2) is 5.16 Å². The Morgan fingerprint density at radius 1 is 1.42 bits per heavy atom. The maximum absolute atomic E-state index is 12.4. The van der Waals surface area contributed by atoms with Crippen LogP contribution in [-0.2, 0) is 11.3 Å². The number of carbonyl (C=O) groups is 1. The molecule has 0 aliphatic heterocycles. The number of anilines is 1. The highest BCUT2D eigenvalue weighted by Gasteiger charge is 2.20. The van der Waals surface area contributed by atoms with Crippen LogP contribution in [0.3, 0.4) is 0 Å². The molecular formula is C15H19N5O3S. The van der Waals surface area contributed by atoms with E-state index in [1.807, 2.05) is 18.4 Å². The first-order chi connectivity index (χ1) is 11.3. The molecule has 0 bridgehead atoms. The SMILES string of the molecule is CCn1c(C)nnc1SC(C)C(=O)Nc1cc([N+](=O)[O-])ccc1C. The molecule has 2 aromatic rings. The van der Waals surface area contributed by atoms with Crippen LogP contribution < -0.4 is 5.32 Å². The summed E-state index contributed by atoms with van der Waals surface area (Å²) in [5.41, 5.74) is 1.14. The molecule has 0 saturated carbocycles. The van der Waals surface area contributed by atoms with Crippen molar-refractivity contribution in [3.63, 3.8) is 0 Å². The minimum absolute atomic E-state index is 0.0578. The predicted molar refractivity (Wildman–Crippen MR) is 92.2 cm³/mol. The van der Waals surface area contributed by atoms with Crippen LogP contribution >= 0.6 is 11.8 Å². The van der Waals surface area contributed by atoms with Crippen LogP contribution in [0, 0.1) is 24.0 Å². The van der Waals surface area contributed by atoms with E-state index in [0.717, 1.165) is 17.9 Å². The van der Waals surface area contributed by atoms with Gasteiger partial charge in [-0.2, -0.15) is 0 Å². The molecule has 0 spiro atoms. The highest BCUT2D eigenvalue weighted by Crippen LogP contribution is 2.26. The average molecular weight is 349 g/mol. The Morgan fingerprint density at radius 2 is 2.12 bits per heavy atom. The highest BCUT2D eigenvalue weighted by molar-refractivity contribution is 8.00. The number of thioether (sulfide) groups is 1. The number of nitro benzene ring substituents is 1. The zero-order valence-electron chi connectivity index (χ0n) is 13.9. The lowest BCUT2D eigenvalue weighted by Gasteiger charge is -2.13. The molecule has 9 heteroatoms. The number of aryl methyl sites for hydroxylation is 2. The minimum Gasteiger partial charge on any atom is -0.325 e. The Morgan fingerprint density at radius 3 is 2.75 bits per heavy atom. The fraction of sp³-hybridized carbons (Fsp3) is 0.400. The largest absolute Gasteiger partial charge is 0.325 e. The van der Waals surface area contributed by atoms with Gasteiger partial charge in [0, 0.05) is 18.7 Å². The molecule has 2 rings (SSSR count). The molecule has 24 heavy (non-hydrogen) atoms. The first-order valence-electron chi connectivity index (χ1n) is 7.45. The molecule has 0 aliphatic carbocycles. The second kappa shape index (κ2) is 7.43. The first-order valence-corrected chi connectivity index (χ1v) is 8.33. The van der Waals surface area contributed by atoms with Crippen LogP contribution in [0.4, 0.5) is 11.4 Å². The lowest BCUT2D eigenvalue weighted by Crippen LogP contribution is -2.23. The lowest BCUT2D eigenvalue weighted by molar-refractivity contribution is -0.384. The van der Waals surface area contributed by atoms with Gasteiger partial charge in [0.05, 0.1) is 15.9 Å². The summed E-state index contributed by atoms with van der Waals surface area (Å²) in [4.78, 5) is 22.8. The standard InChI is InChI=1S/C15H19N5O3S/c1-5-19-11(4)17-18-15(19)24-10(3)14(21)16-13-8-12(20(22)23)7-6-9(13)2/h6-8,10H,5H2,1-4H3,(H,16,21). The molecule has 128 valence electrons. The van der Waals surface area contributed by atoms with Crippen LogP contribution in [0.25, 0.3) is 0 Å². The molecule has 1 amide bonds. The molecule has 1 atom stereocenters. The van der Waals surface area contributed by atoms with E-state index in [0.29, 0.717) is 10.8 Å². The smallest absolute Gasteiger partial charge is 0.271 e. The van der Waals surface area contributed by atoms with E-state index in [4.69, 9.17) is 0 Å².